The number of rotatable bonds is 8. The second-order valence-electron chi connectivity index (χ2n) is 6.74. The third-order valence-electron chi connectivity index (χ3n) is 4.47. The van der Waals surface area contributed by atoms with Gasteiger partial charge >= 0.3 is 5.97 Å². The number of esters is 1. The zero-order chi connectivity index (χ0) is 22.9. The van der Waals surface area contributed by atoms with Crippen LogP contribution in [0.3, 0.4) is 0 Å². The van der Waals surface area contributed by atoms with Crippen LogP contribution in [0.1, 0.15) is 21.5 Å². The average molecular weight is 496 g/mol. The second-order valence-corrected chi connectivity index (χ2v) is 7.60. The van der Waals surface area contributed by atoms with Gasteiger partial charge in [-0.2, -0.15) is 5.10 Å². The Bertz CT molecular complexity index is 1150. The molecule has 0 saturated carbocycles. The van der Waals surface area contributed by atoms with Crippen LogP contribution in [0.5, 0.6) is 11.5 Å². The number of carbonyl (C=O) groups excluding carboxylic acids is 2. The fourth-order valence-corrected chi connectivity index (χ4v) is 3.24. The summed E-state index contributed by atoms with van der Waals surface area (Å²) in [6, 6.07) is 19.7. The maximum absolute atomic E-state index is 12.4. The molecule has 0 unspecified atom stereocenters. The molecule has 3 rings (SSSR count). The van der Waals surface area contributed by atoms with Crippen molar-refractivity contribution in [2.45, 2.75) is 6.92 Å². The summed E-state index contributed by atoms with van der Waals surface area (Å²) < 4.78 is 11.4. The molecule has 0 aliphatic heterocycles. The molecule has 0 saturated heterocycles. The Morgan fingerprint density at radius 1 is 1.03 bits per heavy atom. The van der Waals surface area contributed by atoms with Gasteiger partial charge in [-0.15, -0.1) is 0 Å². The predicted octanol–water partition coefficient (Wildman–Crippen LogP) is 4.55. The SMILES string of the molecule is COc1cc(/C=N/NC(=O)CNc2ccccc2C)ccc1OC(=O)c1ccccc1Br. The molecular formula is C24H22BrN3O4. The monoisotopic (exact) mass is 495 g/mol. The molecule has 0 aliphatic carbocycles. The van der Waals surface area contributed by atoms with E-state index in [2.05, 4.69) is 31.8 Å². The zero-order valence-corrected chi connectivity index (χ0v) is 19.2. The Kier molecular flexibility index (Phi) is 7.99. The van der Waals surface area contributed by atoms with E-state index < -0.39 is 5.97 Å². The minimum atomic E-state index is -0.509. The van der Waals surface area contributed by atoms with Gasteiger partial charge in [0.1, 0.15) is 0 Å². The second kappa shape index (κ2) is 11.1. The van der Waals surface area contributed by atoms with E-state index in [-0.39, 0.29) is 18.2 Å². The normalized spacial score (nSPS) is 10.6. The van der Waals surface area contributed by atoms with Gasteiger partial charge in [-0.3, -0.25) is 4.79 Å². The molecule has 2 N–H and O–H groups in total. The largest absolute Gasteiger partial charge is 0.493 e. The molecule has 0 heterocycles. The summed E-state index contributed by atoms with van der Waals surface area (Å²) in [5.74, 6) is -0.153. The summed E-state index contributed by atoms with van der Waals surface area (Å²) in [6.45, 7) is 2.06. The minimum Gasteiger partial charge on any atom is -0.493 e. The molecule has 3 aromatic rings. The van der Waals surface area contributed by atoms with Gasteiger partial charge in [0.15, 0.2) is 11.5 Å². The van der Waals surface area contributed by atoms with Crippen molar-refractivity contribution < 1.29 is 19.1 Å². The van der Waals surface area contributed by atoms with Crippen LogP contribution in [-0.4, -0.2) is 31.7 Å². The Balaban J connectivity index is 1.58. The van der Waals surface area contributed by atoms with E-state index in [1.165, 1.54) is 13.3 Å². The molecule has 0 aromatic heterocycles. The summed E-state index contributed by atoms with van der Waals surface area (Å²) in [5.41, 5.74) is 5.48. The lowest BCUT2D eigenvalue weighted by Gasteiger charge is -2.10. The van der Waals surface area contributed by atoms with Crippen molar-refractivity contribution in [1.82, 2.24) is 5.43 Å². The van der Waals surface area contributed by atoms with Crippen molar-refractivity contribution in [2.75, 3.05) is 19.0 Å². The quantitative estimate of drug-likeness (QED) is 0.207. The van der Waals surface area contributed by atoms with Crippen molar-refractivity contribution in [1.29, 1.82) is 0 Å². The van der Waals surface area contributed by atoms with E-state index in [9.17, 15) is 9.59 Å². The first-order valence-corrected chi connectivity index (χ1v) is 10.5. The first-order valence-electron chi connectivity index (χ1n) is 9.74. The number of carbonyl (C=O) groups is 2. The van der Waals surface area contributed by atoms with Crippen LogP contribution < -0.4 is 20.2 Å². The van der Waals surface area contributed by atoms with Gasteiger partial charge in [-0.1, -0.05) is 30.3 Å². The highest BCUT2D eigenvalue weighted by atomic mass is 79.9. The van der Waals surface area contributed by atoms with E-state index in [4.69, 9.17) is 9.47 Å². The number of hydrazone groups is 1. The summed E-state index contributed by atoms with van der Waals surface area (Å²) in [4.78, 5) is 24.4. The van der Waals surface area contributed by atoms with Gasteiger partial charge in [0, 0.05) is 10.2 Å². The van der Waals surface area contributed by atoms with Gasteiger partial charge < -0.3 is 14.8 Å². The van der Waals surface area contributed by atoms with Crippen LogP contribution in [0.25, 0.3) is 0 Å². The first-order chi connectivity index (χ1) is 15.5. The van der Waals surface area contributed by atoms with Gasteiger partial charge in [-0.05, 0) is 70.4 Å². The number of benzene rings is 3. The molecule has 32 heavy (non-hydrogen) atoms. The lowest BCUT2D eigenvalue weighted by atomic mass is 10.2. The lowest BCUT2D eigenvalue weighted by molar-refractivity contribution is -0.119. The van der Waals surface area contributed by atoms with E-state index in [0.29, 0.717) is 21.3 Å². The first kappa shape index (κ1) is 23.0. The van der Waals surface area contributed by atoms with Crippen molar-refractivity contribution in [2.24, 2.45) is 5.10 Å². The number of para-hydroxylation sites is 1. The summed E-state index contributed by atoms with van der Waals surface area (Å²) in [6.07, 6.45) is 1.48. The lowest BCUT2D eigenvalue weighted by Crippen LogP contribution is -2.26. The number of amides is 1. The number of halogens is 1. The Hall–Kier alpha value is -3.65. The van der Waals surface area contributed by atoms with Gasteiger partial charge in [0.05, 0.1) is 25.4 Å². The number of hydrogen-bond acceptors (Lipinski definition) is 6. The number of ether oxygens (including phenoxy) is 2. The summed E-state index contributed by atoms with van der Waals surface area (Å²) in [7, 11) is 1.48. The molecule has 164 valence electrons. The van der Waals surface area contributed by atoms with Crippen LogP contribution >= 0.6 is 15.9 Å². The fourth-order valence-electron chi connectivity index (χ4n) is 2.80. The van der Waals surface area contributed by atoms with Gasteiger partial charge in [0.25, 0.3) is 5.91 Å². The van der Waals surface area contributed by atoms with E-state index in [1.54, 1.807) is 36.4 Å². The van der Waals surface area contributed by atoms with Crippen LogP contribution in [0.2, 0.25) is 0 Å². The van der Waals surface area contributed by atoms with E-state index in [0.717, 1.165) is 11.3 Å². The molecule has 7 nitrogen and oxygen atoms in total. The average Bonchev–Trinajstić information content (AvgIpc) is 2.79. The maximum atomic E-state index is 12.4. The van der Waals surface area contributed by atoms with Crippen LogP contribution in [0.4, 0.5) is 5.69 Å². The molecule has 0 spiro atoms. The van der Waals surface area contributed by atoms with Crippen LogP contribution in [0.15, 0.2) is 76.3 Å². The zero-order valence-electron chi connectivity index (χ0n) is 17.6. The Morgan fingerprint density at radius 3 is 2.53 bits per heavy atom. The Morgan fingerprint density at radius 2 is 1.78 bits per heavy atom. The number of nitrogens with zero attached hydrogens (tertiary/aromatic N) is 1. The molecular weight excluding hydrogens is 474 g/mol. The van der Waals surface area contributed by atoms with Crippen molar-refractivity contribution in [3.05, 3.63) is 87.9 Å². The highest BCUT2D eigenvalue weighted by Gasteiger charge is 2.15. The molecule has 0 bridgehead atoms. The molecule has 0 atom stereocenters. The fraction of sp³-hybridized carbons (Fsp3) is 0.125. The smallest absolute Gasteiger partial charge is 0.344 e. The highest BCUT2D eigenvalue weighted by Crippen LogP contribution is 2.29. The highest BCUT2D eigenvalue weighted by molar-refractivity contribution is 9.10. The molecule has 0 radical (unpaired) electrons. The molecule has 3 aromatic carbocycles. The molecule has 0 fully saturated rings. The number of hydrogen-bond donors (Lipinski definition) is 2. The van der Waals surface area contributed by atoms with Crippen molar-refractivity contribution in [3.63, 3.8) is 0 Å². The predicted molar refractivity (Wildman–Crippen MR) is 127 cm³/mol. The summed E-state index contributed by atoms with van der Waals surface area (Å²) in [5, 5.41) is 7.03. The third-order valence-corrected chi connectivity index (χ3v) is 5.16. The number of methoxy groups -OCH3 is 1. The number of aryl methyl sites for hydroxylation is 1. The molecule has 0 aliphatic rings. The van der Waals surface area contributed by atoms with Crippen LogP contribution in [-0.2, 0) is 4.79 Å². The molecule has 1 amide bonds. The third kappa shape index (κ3) is 6.18. The molecule has 8 heteroatoms. The standard InChI is InChI=1S/C24H22BrN3O4/c1-16-7-3-6-10-20(16)26-15-23(29)28-27-14-17-11-12-21(22(13-17)31-2)32-24(30)18-8-4-5-9-19(18)25/h3-14,26H,15H2,1-2H3,(H,28,29)/b27-14+. The minimum absolute atomic E-state index is 0.0927. The number of anilines is 1. The van der Waals surface area contributed by atoms with E-state index >= 15 is 0 Å². The number of nitrogens with one attached hydrogen (secondary N) is 2. The Labute approximate surface area is 194 Å². The van der Waals surface area contributed by atoms with Gasteiger partial charge in [-0.25, -0.2) is 10.2 Å². The van der Waals surface area contributed by atoms with Crippen molar-refractivity contribution in [3.8, 4) is 11.5 Å². The van der Waals surface area contributed by atoms with Crippen LogP contribution in [0, 0.1) is 6.92 Å². The topological polar surface area (TPSA) is 89.0 Å². The summed E-state index contributed by atoms with van der Waals surface area (Å²) >= 11 is 3.34. The van der Waals surface area contributed by atoms with Crippen molar-refractivity contribution >= 4 is 39.7 Å². The van der Waals surface area contributed by atoms with Gasteiger partial charge in [0.2, 0.25) is 0 Å². The maximum Gasteiger partial charge on any atom is 0.344 e. The van der Waals surface area contributed by atoms with E-state index in [1.807, 2.05) is 37.3 Å².